The van der Waals surface area contributed by atoms with Gasteiger partial charge in [0.05, 0.1) is 0 Å². The van der Waals surface area contributed by atoms with E-state index in [0.717, 1.165) is 16.5 Å². The lowest BCUT2D eigenvalue weighted by Crippen LogP contribution is -2.28. The Hall–Kier alpha value is -0.830. The fourth-order valence-electron chi connectivity index (χ4n) is 1.56. The van der Waals surface area contributed by atoms with Crippen molar-refractivity contribution in [2.75, 3.05) is 0 Å². The largest absolute Gasteiger partial charge is 0.349 e. The molecule has 1 N–H and O–H groups in total. The lowest BCUT2D eigenvalue weighted by atomic mass is 10.1. The number of nitrogens with one attached hydrogen (secondary N) is 1. The van der Waals surface area contributed by atoms with Gasteiger partial charge < -0.3 is 5.32 Å². The fourth-order valence-corrected chi connectivity index (χ4v) is 1.82. The molecule has 2 rings (SSSR count). The van der Waals surface area contributed by atoms with Crippen LogP contribution in [0.25, 0.3) is 0 Å². The van der Waals surface area contributed by atoms with Gasteiger partial charge >= 0.3 is 0 Å². The molecular weight excluding hydrogens is 254 g/mol. The minimum atomic E-state index is 0.0260. The number of hydrogen-bond acceptors (Lipinski definition) is 1. The molecule has 1 saturated carbocycles. The summed E-state index contributed by atoms with van der Waals surface area (Å²) in [5, 5.41) is 3.03. The van der Waals surface area contributed by atoms with Gasteiger partial charge in [-0.3, -0.25) is 4.79 Å². The summed E-state index contributed by atoms with van der Waals surface area (Å²) in [7, 11) is 0. The van der Waals surface area contributed by atoms with E-state index in [0.29, 0.717) is 6.04 Å². The number of hydrogen-bond donors (Lipinski definition) is 1. The molecule has 0 heterocycles. The fraction of sp³-hybridized carbons (Fsp3) is 0.417. The van der Waals surface area contributed by atoms with E-state index < -0.39 is 0 Å². The summed E-state index contributed by atoms with van der Waals surface area (Å²) in [6, 6.07) is 7.76. The van der Waals surface area contributed by atoms with Gasteiger partial charge in [-0.05, 0) is 36.1 Å². The van der Waals surface area contributed by atoms with Crippen LogP contribution in [0.3, 0.4) is 0 Å². The van der Waals surface area contributed by atoms with Gasteiger partial charge in [-0.25, -0.2) is 0 Å². The van der Waals surface area contributed by atoms with E-state index in [1.807, 2.05) is 24.3 Å². The smallest absolute Gasteiger partial charge is 0.251 e. The molecule has 0 radical (unpaired) electrons. The van der Waals surface area contributed by atoms with Crippen molar-refractivity contribution >= 4 is 21.8 Å². The van der Waals surface area contributed by atoms with Crippen molar-refractivity contribution in [3.63, 3.8) is 0 Å². The van der Waals surface area contributed by atoms with Crippen molar-refractivity contribution in [2.24, 2.45) is 5.41 Å². The molecule has 0 saturated heterocycles. The van der Waals surface area contributed by atoms with Crippen molar-refractivity contribution in [1.29, 1.82) is 0 Å². The maximum absolute atomic E-state index is 11.8. The molecule has 2 nitrogen and oxygen atoms in total. The third kappa shape index (κ3) is 2.40. The highest BCUT2D eigenvalue weighted by atomic mass is 79.9. The molecule has 0 aliphatic heterocycles. The van der Waals surface area contributed by atoms with E-state index in [2.05, 4.69) is 35.1 Å². The summed E-state index contributed by atoms with van der Waals surface area (Å²) < 4.78 is 0.991. The van der Waals surface area contributed by atoms with Crippen LogP contribution in [-0.2, 0) is 0 Å². The molecule has 1 atom stereocenters. The van der Waals surface area contributed by atoms with Crippen molar-refractivity contribution in [1.82, 2.24) is 5.32 Å². The Morgan fingerprint density at radius 1 is 1.40 bits per heavy atom. The van der Waals surface area contributed by atoms with Crippen LogP contribution < -0.4 is 5.32 Å². The summed E-state index contributed by atoms with van der Waals surface area (Å²) in [5.41, 5.74) is 1.01. The van der Waals surface area contributed by atoms with Crippen molar-refractivity contribution < 1.29 is 4.79 Å². The molecule has 1 aromatic rings. The maximum atomic E-state index is 11.8. The average molecular weight is 268 g/mol. The first-order valence-electron chi connectivity index (χ1n) is 5.05. The van der Waals surface area contributed by atoms with E-state index in [4.69, 9.17) is 0 Å². The third-order valence-electron chi connectivity index (χ3n) is 2.93. The van der Waals surface area contributed by atoms with Crippen LogP contribution in [0.4, 0.5) is 0 Å². The van der Waals surface area contributed by atoms with Crippen LogP contribution in [0.15, 0.2) is 28.7 Å². The van der Waals surface area contributed by atoms with E-state index in [1.165, 1.54) is 0 Å². The van der Waals surface area contributed by atoms with Crippen molar-refractivity contribution in [3.05, 3.63) is 34.3 Å². The summed E-state index contributed by atoms with van der Waals surface area (Å²) in [5.74, 6) is 0.0260. The molecule has 80 valence electrons. The summed E-state index contributed by atoms with van der Waals surface area (Å²) in [4.78, 5) is 11.8. The van der Waals surface area contributed by atoms with Gasteiger partial charge in [0.1, 0.15) is 0 Å². The van der Waals surface area contributed by atoms with E-state index in [9.17, 15) is 4.79 Å². The lowest BCUT2D eigenvalue weighted by molar-refractivity contribution is 0.0946. The molecule has 0 bridgehead atoms. The van der Waals surface area contributed by atoms with Gasteiger partial charge in [-0.1, -0.05) is 29.8 Å². The predicted octanol–water partition coefficient (Wildman–Crippen LogP) is 2.98. The number of rotatable bonds is 2. The Balaban J connectivity index is 2.00. The van der Waals surface area contributed by atoms with Crippen molar-refractivity contribution in [2.45, 2.75) is 26.3 Å². The Morgan fingerprint density at radius 2 is 1.93 bits per heavy atom. The highest BCUT2D eigenvalue weighted by molar-refractivity contribution is 9.10. The molecule has 1 unspecified atom stereocenters. The second-order valence-corrected chi connectivity index (χ2v) is 5.64. The number of carbonyl (C=O) groups excluding carboxylic acids is 1. The number of amides is 1. The van der Waals surface area contributed by atoms with Gasteiger partial charge in [-0.2, -0.15) is 0 Å². The minimum absolute atomic E-state index is 0.0260. The van der Waals surface area contributed by atoms with E-state index in [1.54, 1.807) is 0 Å². The van der Waals surface area contributed by atoms with Crippen molar-refractivity contribution in [3.8, 4) is 0 Å². The number of halogens is 1. The summed E-state index contributed by atoms with van der Waals surface area (Å²) in [6.45, 7) is 4.33. The van der Waals surface area contributed by atoms with Crippen LogP contribution in [0.2, 0.25) is 0 Å². The van der Waals surface area contributed by atoms with Gasteiger partial charge in [0, 0.05) is 16.1 Å². The Morgan fingerprint density at radius 3 is 2.40 bits per heavy atom. The molecule has 0 aromatic heterocycles. The highest BCUT2D eigenvalue weighted by Crippen LogP contribution is 2.44. The van der Waals surface area contributed by atoms with Gasteiger partial charge in [0.2, 0.25) is 0 Å². The van der Waals surface area contributed by atoms with Gasteiger partial charge in [0.25, 0.3) is 5.91 Å². The second-order valence-electron chi connectivity index (χ2n) is 4.73. The summed E-state index contributed by atoms with van der Waals surface area (Å²) in [6.07, 6.45) is 1.08. The lowest BCUT2D eigenvalue weighted by Gasteiger charge is -2.06. The zero-order valence-electron chi connectivity index (χ0n) is 8.88. The SMILES string of the molecule is CC1(C)CC1NC(=O)c1ccc(Br)cc1. The van der Waals surface area contributed by atoms with Crippen LogP contribution in [0.5, 0.6) is 0 Å². The molecule has 1 aliphatic carbocycles. The van der Waals surface area contributed by atoms with Crippen LogP contribution in [0, 0.1) is 5.41 Å². The zero-order valence-corrected chi connectivity index (χ0v) is 10.5. The monoisotopic (exact) mass is 267 g/mol. The Bertz CT molecular complexity index is 383. The molecule has 15 heavy (non-hydrogen) atoms. The molecule has 1 amide bonds. The maximum Gasteiger partial charge on any atom is 0.251 e. The Labute approximate surface area is 98.2 Å². The quantitative estimate of drug-likeness (QED) is 0.877. The molecule has 1 fully saturated rings. The number of carbonyl (C=O) groups is 1. The molecule has 1 aromatic carbocycles. The van der Waals surface area contributed by atoms with E-state index >= 15 is 0 Å². The highest BCUT2D eigenvalue weighted by Gasteiger charge is 2.46. The zero-order chi connectivity index (χ0) is 11.1. The minimum Gasteiger partial charge on any atom is -0.349 e. The van der Waals surface area contributed by atoms with Gasteiger partial charge in [0.15, 0.2) is 0 Å². The van der Waals surface area contributed by atoms with Crippen LogP contribution >= 0.6 is 15.9 Å². The predicted molar refractivity (Wildman–Crippen MR) is 63.8 cm³/mol. The average Bonchev–Trinajstić information content (AvgIpc) is 2.74. The normalized spacial score (nSPS) is 22.2. The first kappa shape index (κ1) is 10.7. The standard InChI is InChI=1S/C12H14BrNO/c1-12(2)7-10(12)14-11(15)8-3-5-9(13)6-4-8/h3-6,10H,7H2,1-2H3,(H,14,15). The van der Waals surface area contributed by atoms with Crippen LogP contribution in [-0.4, -0.2) is 11.9 Å². The molecule has 1 aliphatic rings. The first-order chi connectivity index (χ1) is 6.99. The first-order valence-corrected chi connectivity index (χ1v) is 5.85. The molecule has 3 heteroatoms. The second kappa shape index (κ2) is 3.63. The van der Waals surface area contributed by atoms with Crippen LogP contribution in [0.1, 0.15) is 30.6 Å². The molecule has 0 spiro atoms. The van der Waals surface area contributed by atoms with Gasteiger partial charge in [-0.15, -0.1) is 0 Å². The number of benzene rings is 1. The van der Waals surface area contributed by atoms with E-state index in [-0.39, 0.29) is 11.3 Å². The Kier molecular flexibility index (Phi) is 2.59. The molecular formula is C12H14BrNO. The third-order valence-corrected chi connectivity index (χ3v) is 3.45. The topological polar surface area (TPSA) is 29.1 Å². The summed E-state index contributed by atoms with van der Waals surface area (Å²) >= 11 is 3.34.